The third-order valence-corrected chi connectivity index (χ3v) is 3.95. The van der Waals surface area contributed by atoms with Crippen LogP contribution in [0.2, 0.25) is 15.1 Å². The molecule has 0 spiro atoms. The van der Waals surface area contributed by atoms with Crippen molar-refractivity contribution in [1.29, 1.82) is 0 Å². The second-order valence-corrected chi connectivity index (χ2v) is 5.68. The van der Waals surface area contributed by atoms with Crippen molar-refractivity contribution < 1.29 is 4.79 Å². The highest BCUT2D eigenvalue weighted by Crippen LogP contribution is 2.29. The van der Waals surface area contributed by atoms with E-state index in [9.17, 15) is 4.79 Å². The molecule has 0 bridgehead atoms. The first kappa shape index (κ1) is 15.9. The molecule has 7 heteroatoms. The zero-order valence-electron chi connectivity index (χ0n) is 11.0. The fourth-order valence-corrected chi connectivity index (χ4v) is 2.28. The van der Waals surface area contributed by atoms with Crippen LogP contribution in [-0.4, -0.2) is 10.9 Å². The van der Waals surface area contributed by atoms with E-state index in [2.05, 4.69) is 10.3 Å². The summed E-state index contributed by atoms with van der Waals surface area (Å²) in [5.74, 6) is -0.117. The molecule has 2 aromatic rings. The fraction of sp³-hybridized carbons (Fsp3) is 0.143. The molecule has 2 rings (SSSR count). The number of rotatable bonds is 4. The summed E-state index contributed by atoms with van der Waals surface area (Å²) in [5.41, 5.74) is 6.36. The van der Waals surface area contributed by atoms with E-state index >= 15 is 0 Å². The molecule has 0 aliphatic carbocycles. The predicted molar refractivity (Wildman–Crippen MR) is 86.3 cm³/mol. The van der Waals surface area contributed by atoms with E-state index in [1.54, 1.807) is 12.1 Å². The second-order valence-electron chi connectivity index (χ2n) is 4.46. The number of benzene rings is 1. The minimum atomic E-state index is -0.575. The highest BCUT2D eigenvalue weighted by atomic mass is 35.5. The minimum Gasteiger partial charge on any atom is -0.366 e. The van der Waals surface area contributed by atoms with Gasteiger partial charge in [-0.05, 0) is 30.7 Å². The van der Waals surface area contributed by atoms with E-state index < -0.39 is 5.91 Å². The Labute approximate surface area is 137 Å². The monoisotopic (exact) mass is 343 g/mol. The van der Waals surface area contributed by atoms with E-state index in [1.807, 2.05) is 13.0 Å². The number of primary amides is 1. The van der Waals surface area contributed by atoms with E-state index in [-0.39, 0.29) is 11.6 Å². The van der Waals surface area contributed by atoms with Gasteiger partial charge in [0, 0.05) is 6.20 Å². The van der Waals surface area contributed by atoms with Crippen molar-refractivity contribution in [1.82, 2.24) is 4.98 Å². The normalized spacial score (nSPS) is 12.0. The Morgan fingerprint density at radius 3 is 2.48 bits per heavy atom. The van der Waals surface area contributed by atoms with Gasteiger partial charge in [-0.1, -0.05) is 40.9 Å². The first-order valence-electron chi connectivity index (χ1n) is 6.05. The molecule has 0 aliphatic heterocycles. The zero-order chi connectivity index (χ0) is 15.6. The molecule has 3 N–H and O–H groups in total. The lowest BCUT2D eigenvalue weighted by atomic mass is 10.1. The quantitative estimate of drug-likeness (QED) is 0.868. The van der Waals surface area contributed by atoms with Crippen LogP contribution < -0.4 is 11.1 Å². The van der Waals surface area contributed by atoms with Gasteiger partial charge in [-0.2, -0.15) is 0 Å². The summed E-state index contributed by atoms with van der Waals surface area (Å²) < 4.78 is 0. The van der Waals surface area contributed by atoms with Crippen LogP contribution in [0.25, 0.3) is 0 Å². The zero-order valence-corrected chi connectivity index (χ0v) is 13.3. The molecule has 0 radical (unpaired) electrons. The van der Waals surface area contributed by atoms with Gasteiger partial charge in [-0.25, -0.2) is 4.98 Å². The Hall–Kier alpha value is -1.49. The molecular weight excluding hydrogens is 333 g/mol. The minimum absolute atomic E-state index is 0.0933. The molecule has 21 heavy (non-hydrogen) atoms. The fourth-order valence-electron chi connectivity index (χ4n) is 1.75. The number of amides is 1. The van der Waals surface area contributed by atoms with Crippen molar-refractivity contribution in [3.05, 3.63) is 56.7 Å². The SMILES string of the molecule is CC(Nc1ncc(C(N)=O)cc1Cl)c1ccc(Cl)c(Cl)c1. The van der Waals surface area contributed by atoms with Crippen molar-refractivity contribution in [2.45, 2.75) is 13.0 Å². The first-order chi connectivity index (χ1) is 9.88. The van der Waals surface area contributed by atoms with Crippen LogP contribution >= 0.6 is 34.8 Å². The molecule has 1 unspecified atom stereocenters. The van der Waals surface area contributed by atoms with E-state index in [1.165, 1.54) is 12.3 Å². The number of aromatic nitrogens is 1. The van der Waals surface area contributed by atoms with Crippen molar-refractivity contribution >= 4 is 46.5 Å². The number of carbonyl (C=O) groups excluding carboxylic acids is 1. The van der Waals surface area contributed by atoms with Gasteiger partial charge in [0.1, 0.15) is 5.82 Å². The average Bonchev–Trinajstić information content (AvgIpc) is 2.43. The summed E-state index contributed by atoms with van der Waals surface area (Å²) in [5, 5.41) is 4.43. The lowest BCUT2D eigenvalue weighted by molar-refractivity contribution is 0.1000. The lowest BCUT2D eigenvalue weighted by Crippen LogP contribution is -2.13. The molecule has 0 saturated heterocycles. The van der Waals surface area contributed by atoms with Crippen molar-refractivity contribution in [2.24, 2.45) is 5.73 Å². The highest BCUT2D eigenvalue weighted by Gasteiger charge is 2.12. The van der Waals surface area contributed by atoms with Gasteiger partial charge < -0.3 is 11.1 Å². The van der Waals surface area contributed by atoms with Gasteiger partial charge in [0.25, 0.3) is 0 Å². The van der Waals surface area contributed by atoms with E-state index in [4.69, 9.17) is 40.5 Å². The van der Waals surface area contributed by atoms with Crippen LogP contribution in [0.4, 0.5) is 5.82 Å². The van der Waals surface area contributed by atoms with Crippen LogP contribution in [-0.2, 0) is 0 Å². The predicted octanol–water partition coefficient (Wildman–Crippen LogP) is 4.31. The number of carbonyl (C=O) groups is 1. The molecule has 0 aliphatic rings. The Morgan fingerprint density at radius 1 is 1.19 bits per heavy atom. The lowest BCUT2D eigenvalue weighted by Gasteiger charge is -2.16. The third kappa shape index (κ3) is 3.79. The van der Waals surface area contributed by atoms with Gasteiger partial charge in [0.05, 0.1) is 26.7 Å². The molecule has 4 nitrogen and oxygen atoms in total. The number of hydrogen-bond acceptors (Lipinski definition) is 3. The van der Waals surface area contributed by atoms with E-state index in [0.717, 1.165) is 5.56 Å². The van der Waals surface area contributed by atoms with Crippen LogP contribution in [0.3, 0.4) is 0 Å². The summed E-state index contributed by atoms with van der Waals surface area (Å²) >= 11 is 18.0. The molecule has 1 aromatic carbocycles. The summed E-state index contributed by atoms with van der Waals surface area (Å²) in [7, 11) is 0. The molecule has 0 fully saturated rings. The number of halogens is 3. The van der Waals surface area contributed by atoms with Gasteiger partial charge >= 0.3 is 0 Å². The largest absolute Gasteiger partial charge is 0.366 e. The van der Waals surface area contributed by atoms with Crippen molar-refractivity contribution in [3.63, 3.8) is 0 Å². The topological polar surface area (TPSA) is 68.0 Å². The van der Waals surface area contributed by atoms with Gasteiger partial charge in [0.2, 0.25) is 5.91 Å². The summed E-state index contributed by atoms with van der Waals surface area (Å²) in [4.78, 5) is 15.2. The Balaban J connectivity index is 2.21. The second kappa shape index (κ2) is 6.52. The summed E-state index contributed by atoms with van der Waals surface area (Å²) in [6.45, 7) is 1.93. The van der Waals surface area contributed by atoms with Gasteiger partial charge in [0.15, 0.2) is 0 Å². The third-order valence-electron chi connectivity index (χ3n) is 2.92. The maximum atomic E-state index is 11.1. The molecule has 1 aromatic heterocycles. The van der Waals surface area contributed by atoms with Crippen LogP contribution in [0.15, 0.2) is 30.5 Å². The van der Waals surface area contributed by atoms with Crippen LogP contribution in [0.1, 0.15) is 28.9 Å². The molecular formula is C14H12Cl3N3O. The van der Waals surface area contributed by atoms with Crippen molar-refractivity contribution in [2.75, 3.05) is 5.32 Å². The molecule has 1 heterocycles. The molecule has 1 amide bonds. The molecule has 0 saturated carbocycles. The number of nitrogens with zero attached hydrogens (tertiary/aromatic N) is 1. The molecule has 1 atom stereocenters. The standard InChI is InChI=1S/C14H12Cl3N3O/c1-7(8-2-3-10(15)11(16)4-8)20-14-12(17)5-9(6-19-14)13(18)21/h2-7H,1H3,(H2,18,21)(H,19,20). The number of pyridine rings is 1. The Bertz CT molecular complexity index is 691. The average molecular weight is 345 g/mol. The Morgan fingerprint density at radius 2 is 1.90 bits per heavy atom. The maximum Gasteiger partial charge on any atom is 0.250 e. The summed E-state index contributed by atoms with van der Waals surface area (Å²) in [6.07, 6.45) is 1.37. The van der Waals surface area contributed by atoms with Crippen molar-refractivity contribution in [3.8, 4) is 0 Å². The first-order valence-corrected chi connectivity index (χ1v) is 7.18. The summed E-state index contributed by atoms with van der Waals surface area (Å²) in [6, 6.07) is 6.73. The maximum absolute atomic E-state index is 11.1. The van der Waals surface area contributed by atoms with E-state index in [0.29, 0.717) is 20.9 Å². The van der Waals surface area contributed by atoms with Gasteiger partial charge in [-0.15, -0.1) is 0 Å². The smallest absolute Gasteiger partial charge is 0.250 e. The van der Waals surface area contributed by atoms with Gasteiger partial charge in [-0.3, -0.25) is 4.79 Å². The number of nitrogens with one attached hydrogen (secondary N) is 1. The highest BCUT2D eigenvalue weighted by molar-refractivity contribution is 6.42. The number of hydrogen-bond donors (Lipinski definition) is 2. The Kier molecular flexibility index (Phi) is 4.93. The number of nitrogens with two attached hydrogens (primary N) is 1. The number of anilines is 1. The van der Waals surface area contributed by atoms with Crippen LogP contribution in [0, 0.1) is 0 Å². The van der Waals surface area contributed by atoms with Crippen LogP contribution in [0.5, 0.6) is 0 Å². The molecule has 110 valence electrons.